The van der Waals surface area contributed by atoms with Gasteiger partial charge in [-0.25, -0.2) is 28.1 Å². The molecule has 0 aliphatic rings. The van der Waals surface area contributed by atoms with E-state index < -0.39 is 107 Å². The normalized spacial score (nSPS) is 11.7. The number of ether oxygens (including phenoxy) is 6. The number of carbonyl (C=O) groups is 3. The van der Waals surface area contributed by atoms with Gasteiger partial charge in [0, 0.05) is 0 Å². The fourth-order valence-electron chi connectivity index (χ4n) is 3.50. The predicted octanol–water partition coefficient (Wildman–Crippen LogP) is 2.77. The van der Waals surface area contributed by atoms with Gasteiger partial charge in [-0.1, -0.05) is 32.4 Å². The lowest BCUT2D eigenvalue weighted by molar-refractivity contribution is -0.152. The van der Waals surface area contributed by atoms with Crippen LogP contribution >= 0.6 is 64.8 Å². The van der Waals surface area contributed by atoms with Crippen molar-refractivity contribution in [2.24, 2.45) is 0 Å². The van der Waals surface area contributed by atoms with Crippen molar-refractivity contribution in [3.63, 3.8) is 0 Å². The number of hydrogen-bond donors (Lipinski definition) is 0. The van der Waals surface area contributed by atoms with Crippen molar-refractivity contribution in [2.75, 3.05) is 37.1 Å². The van der Waals surface area contributed by atoms with Gasteiger partial charge in [-0.05, 0) is 62.3 Å². The van der Waals surface area contributed by atoms with Crippen LogP contribution in [0.1, 0.15) is 62.3 Å². The number of hydrogen-bond acceptors (Lipinski definition) is 18. The quantitative estimate of drug-likeness (QED) is 0.0892. The van der Waals surface area contributed by atoms with Gasteiger partial charge in [-0.3, -0.25) is 14.4 Å². The Morgan fingerprint density at radius 2 is 0.704 bits per heavy atom. The highest BCUT2D eigenvalue weighted by Gasteiger charge is 2.25. The van der Waals surface area contributed by atoms with E-state index in [9.17, 15) is 43.2 Å². The van der Waals surface area contributed by atoms with Crippen LogP contribution in [0, 0.1) is 0 Å². The van der Waals surface area contributed by atoms with Crippen LogP contribution in [0.5, 0.6) is 0 Å². The maximum atomic E-state index is 13.3. The average molecular weight is 883 g/mol. The Morgan fingerprint density at radius 1 is 0.481 bits per heavy atom. The van der Waals surface area contributed by atoms with Gasteiger partial charge in [0.2, 0.25) is 19.8 Å². The number of carbonyl (C=O) groups excluding carboxylic acids is 6. The second-order valence-electron chi connectivity index (χ2n) is 13.4. The van der Waals surface area contributed by atoms with E-state index in [0.717, 1.165) is 64.8 Å². The lowest BCUT2D eigenvalue weighted by atomic mass is 10.2. The minimum Gasteiger partial charge on any atom is -0.459 e. The Hall–Kier alpha value is -2.67. The summed E-state index contributed by atoms with van der Waals surface area (Å²) in [5.41, 5.74) is -5.18. The first-order chi connectivity index (χ1) is 24.9. The van der Waals surface area contributed by atoms with Crippen molar-refractivity contribution in [1.82, 2.24) is 13.7 Å². The number of esters is 3. The third kappa shape index (κ3) is 22.0. The summed E-state index contributed by atoms with van der Waals surface area (Å²) in [5, 5.41) is -1.69. The Balaban J connectivity index is 2.97. The average Bonchev–Trinajstić information content (AvgIpc) is 2.99. The molecule has 0 saturated carbocycles. The van der Waals surface area contributed by atoms with Crippen LogP contribution in [0.2, 0.25) is 0 Å². The van der Waals surface area contributed by atoms with Crippen molar-refractivity contribution in [2.45, 2.75) is 98.8 Å². The lowest BCUT2D eigenvalue weighted by Gasteiger charge is -2.18. The lowest BCUT2D eigenvalue weighted by Crippen LogP contribution is -2.55. The van der Waals surface area contributed by atoms with Crippen molar-refractivity contribution in [3.05, 3.63) is 31.5 Å². The molecule has 1 aromatic rings. The molecule has 0 unspecified atom stereocenters. The summed E-state index contributed by atoms with van der Waals surface area (Å²) in [7, 11) is 4.98. The fraction of sp³-hybridized carbons (Fsp3) is 0.700. The van der Waals surface area contributed by atoms with Crippen molar-refractivity contribution >= 4 is 98.6 Å². The van der Waals surface area contributed by atoms with Gasteiger partial charge >= 0.3 is 50.9 Å². The van der Waals surface area contributed by atoms with Gasteiger partial charge in [-0.15, -0.1) is 0 Å². The van der Waals surface area contributed by atoms with Crippen LogP contribution < -0.4 is 17.1 Å². The first kappa shape index (κ1) is 49.3. The fourth-order valence-corrected chi connectivity index (χ4v) is 7.57. The third-order valence-corrected chi connectivity index (χ3v) is 10.8. The van der Waals surface area contributed by atoms with Crippen molar-refractivity contribution in [3.8, 4) is 0 Å². The Morgan fingerprint density at radius 3 is 0.907 bits per heavy atom. The molecule has 24 heteroatoms. The van der Waals surface area contributed by atoms with E-state index in [-0.39, 0.29) is 17.3 Å². The van der Waals surface area contributed by atoms with Gasteiger partial charge in [0.1, 0.15) is 34.1 Å². The van der Waals surface area contributed by atoms with Crippen LogP contribution in [0.3, 0.4) is 0 Å². The maximum Gasteiger partial charge on any atom is 0.561 e. The molecule has 0 amide bonds. The summed E-state index contributed by atoms with van der Waals surface area (Å²) in [6, 6.07) is 0. The highest BCUT2D eigenvalue weighted by molar-refractivity contribution is 8.82. The zero-order valence-electron chi connectivity index (χ0n) is 31.4. The molecule has 0 aliphatic heterocycles. The smallest absolute Gasteiger partial charge is 0.459 e. The summed E-state index contributed by atoms with van der Waals surface area (Å²) < 4.78 is 33.2. The molecule has 306 valence electrons. The summed E-state index contributed by atoms with van der Waals surface area (Å²) in [4.78, 5) is 106. The molecule has 0 fully saturated rings. The zero-order valence-corrected chi connectivity index (χ0v) is 36.3. The van der Waals surface area contributed by atoms with Crippen LogP contribution in [0.15, 0.2) is 14.4 Å². The summed E-state index contributed by atoms with van der Waals surface area (Å²) in [5.74, 6) is -1.83. The highest BCUT2D eigenvalue weighted by Crippen LogP contribution is 2.25. The molecule has 0 aliphatic carbocycles. The van der Waals surface area contributed by atoms with E-state index >= 15 is 0 Å². The van der Waals surface area contributed by atoms with Crippen LogP contribution in [-0.2, 0) is 62.4 Å². The molecular formula is C30H48N3O15S6+3. The number of nitrogens with zero attached hydrogens (tertiary/aromatic N) is 3. The van der Waals surface area contributed by atoms with Gasteiger partial charge < -0.3 is 42.8 Å². The minimum atomic E-state index is -1.05. The van der Waals surface area contributed by atoms with E-state index in [1.54, 1.807) is 62.3 Å². The second kappa shape index (κ2) is 23.4. The molecule has 3 N–H and O–H groups in total. The Labute approximate surface area is 335 Å². The molecule has 0 bridgehead atoms. The molecule has 0 radical (unpaired) electrons. The molecule has 0 saturated heterocycles. The summed E-state index contributed by atoms with van der Waals surface area (Å²) >= 11 is 0. The molecule has 0 spiro atoms. The molecule has 1 rings (SSSR count). The van der Waals surface area contributed by atoms with Gasteiger partial charge in [-0.2, -0.15) is 0 Å². The number of aromatic nitrogens is 3. The topological polar surface area (TPSA) is 237 Å². The SMILES string of the molecule is CC(C)(C)OC(=O)CSSC(=[OH+])OCCn1c(=O)n(CCOC(=[OH+])SSCC(=O)OC(C)(C)C)c(=O)n(CCOC(=[OH+])SSCC(=O)OC(C)(C)C)c1=O. The van der Waals surface area contributed by atoms with E-state index in [1.165, 1.54) is 0 Å². The monoisotopic (exact) mass is 882 g/mol. The summed E-state index contributed by atoms with van der Waals surface area (Å²) in [6.07, 6.45) is 0. The van der Waals surface area contributed by atoms with Crippen LogP contribution in [0.25, 0.3) is 0 Å². The minimum absolute atomic E-state index is 0.101. The summed E-state index contributed by atoms with van der Waals surface area (Å²) in [6.45, 7) is 12.9. The molecule has 1 aromatic heterocycles. The molecule has 18 nitrogen and oxygen atoms in total. The van der Waals surface area contributed by atoms with Crippen molar-refractivity contribution < 1.29 is 57.2 Å². The largest absolute Gasteiger partial charge is 0.561 e. The maximum absolute atomic E-state index is 13.3. The number of rotatable bonds is 18. The Bertz CT molecular complexity index is 1440. The van der Waals surface area contributed by atoms with Gasteiger partial charge in [0.15, 0.2) is 0 Å². The highest BCUT2D eigenvalue weighted by atomic mass is 33.1. The molecule has 0 atom stereocenters. The van der Waals surface area contributed by atoms with Crippen LogP contribution in [0.4, 0.5) is 0 Å². The van der Waals surface area contributed by atoms with Gasteiger partial charge in [0.05, 0.1) is 52.0 Å². The van der Waals surface area contributed by atoms with Gasteiger partial charge in [0.25, 0.3) is 0 Å². The zero-order chi connectivity index (χ0) is 41.3. The second-order valence-corrected chi connectivity index (χ2v) is 20.2. The molecular weight excluding hydrogens is 835 g/mol. The predicted molar refractivity (Wildman–Crippen MR) is 216 cm³/mol. The van der Waals surface area contributed by atoms with Crippen LogP contribution in [-0.4, -0.2) is 116 Å². The molecule has 54 heavy (non-hydrogen) atoms. The first-order valence-corrected chi connectivity index (χ1v) is 22.9. The van der Waals surface area contributed by atoms with E-state index in [2.05, 4.69) is 0 Å². The van der Waals surface area contributed by atoms with E-state index in [4.69, 9.17) is 28.4 Å². The van der Waals surface area contributed by atoms with E-state index in [1.807, 2.05) is 0 Å². The van der Waals surface area contributed by atoms with Crippen molar-refractivity contribution in [1.29, 1.82) is 0 Å². The molecule has 0 aromatic carbocycles. The third-order valence-electron chi connectivity index (χ3n) is 5.19. The van der Waals surface area contributed by atoms with E-state index in [0.29, 0.717) is 13.7 Å². The Kier molecular flexibility index (Phi) is 21.4. The molecule has 1 heterocycles. The first-order valence-electron chi connectivity index (χ1n) is 15.9. The standard InChI is InChI=1S/C30H45N3O15S6/c1-28(2,3)46-19(34)16-49-52-25(40)43-13-10-31-22(37)32(11-14-44-26(41)53-50-17-20(35)47-29(4,5)6)24(39)33(23(31)38)12-15-45-27(42)54-51-18-21(36)48-30(7,8)9/h10-18H2,1-9H3/p+3.